The van der Waals surface area contributed by atoms with Crippen molar-refractivity contribution in [3.63, 3.8) is 0 Å². The van der Waals surface area contributed by atoms with Gasteiger partial charge in [0.1, 0.15) is 0 Å². The third-order valence-electron chi connectivity index (χ3n) is 3.30. The molecule has 2 aromatic carbocycles. The van der Waals surface area contributed by atoms with E-state index in [0.29, 0.717) is 12.2 Å². The van der Waals surface area contributed by atoms with Gasteiger partial charge in [-0.3, -0.25) is 0 Å². The average Bonchev–Trinajstić information content (AvgIpc) is 2.42. The molecule has 0 heterocycles. The Labute approximate surface area is 133 Å². The second-order valence-electron chi connectivity index (χ2n) is 5.04. The first-order valence-electron chi connectivity index (χ1n) is 6.67. The predicted octanol–water partition coefficient (Wildman–Crippen LogP) is 4.76. The van der Waals surface area contributed by atoms with Crippen LogP contribution in [0.15, 0.2) is 51.8 Å². The average molecular weight is 351 g/mol. The first-order valence-corrected chi connectivity index (χ1v) is 8.45. The van der Waals surface area contributed by atoms with Gasteiger partial charge >= 0.3 is 0 Å². The minimum absolute atomic E-state index is 0.314. The minimum Gasteiger partial charge on any atom is -0.392 e. The number of hydrogen-bond donors (Lipinski definition) is 1. The van der Waals surface area contributed by atoms with Crippen LogP contribution in [0.1, 0.15) is 16.7 Å². The van der Waals surface area contributed by atoms with E-state index in [1.807, 2.05) is 12.1 Å². The van der Waals surface area contributed by atoms with Crippen molar-refractivity contribution in [1.82, 2.24) is 0 Å². The fraction of sp³-hybridized carbons (Fsp3) is 0.294. The molecule has 0 aromatic heterocycles. The summed E-state index contributed by atoms with van der Waals surface area (Å²) >= 11 is 5.12. The summed E-state index contributed by atoms with van der Waals surface area (Å²) < 4.78 is 1.08. The maximum Gasteiger partial charge on any atom is 0.0674 e. The van der Waals surface area contributed by atoms with Gasteiger partial charge in [-0.2, -0.15) is 0 Å². The highest BCUT2D eigenvalue weighted by molar-refractivity contribution is 9.10. The fourth-order valence-corrected chi connectivity index (χ4v) is 3.08. The fourth-order valence-electron chi connectivity index (χ4n) is 1.98. The van der Waals surface area contributed by atoms with Crippen LogP contribution in [0.25, 0.3) is 0 Å². The van der Waals surface area contributed by atoms with Crippen molar-refractivity contribution in [2.45, 2.75) is 31.3 Å². The first-order chi connectivity index (χ1) is 9.54. The zero-order valence-electron chi connectivity index (χ0n) is 11.8. The molecule has 1 N–H and O–H groups in total. The van der Waals surface area contributed by atoms with Crippen LogP contribution in [-0.4, -0.2) is 17.0 Å². The molecule has 0 aliphatic carbocycles. The topological polar surface area (TPSA) is 20.2 Å². The molecule has 1 atom stereocenters. The summed E-state index contributed by atoms with van der Waals surface area (Å²) in [5, 5.41) is 10.1. The van der Waals surface area contributed by atoms with Crippen LogP contribution in [0, 0.1) is 13.8 Å². The lowest BCUT2D eigenvalue weighted by Crippen LogP contribution is -2.13. The Hall–Kier alpha value is -0.770. The Kier molecular flexibility index (Phi) is 5.70. The Morgan fingerprint density at radius 3 is 2.40 bits per heavy atom. The van der Waals surface area contributed by atoms with Crippen LogP contribution >= 0.6 is 27.7 Å². The molecule has 0 fully saturated rings. The molecule has 106 valence electrons. The summed E-state index contributed by atoms with van der Waals surface area (Å²) in [5.74, 6) is 0.717. The molecule has 1 unspecified atom stereocenters. The van der Waals surface area contributed by atoms with Gasteiger partial charge < -0.3 is 5.11 Å². The van der Waals surface area contributed by atoms with Crippen molar-refractivity contribution in [3.8, 4) is 0 Å². The highest BCUT2D eigenvalue weighted by atomic mass is 79.9. The molecule has 0 saturated carbocycles. The van der Waals surface area contributed by atoms with Gasteiger partial charge in [-0.1, -0.05) is 34.1 Å². The van der Waals surface area contributed by atoms with Crippen molar-refractivity contribution in [1.29, 1.82) is 0 Å². The molecular weight excluding hydrogens is 332 g/mol. The summed E-state index contributed by atoms with van der Waals surface area (Å²) in [6.45, 7) is 4.22. The molecule has 0 radical (unpaired) electrons. The number of rotatable bonds is 5. The van der Waals surface area contributed by atoms with E-state index in [-0.39, 0.29) is 6.10 Å². The van der Waals surface area contributed by atoms with Crippen LogP contribution < -0.4 is 0 Å². The van der Waals surface area contributed by atoms with Gasteiger partial charge in [0.25, 0.3) is 0 Å². The summed E-state index contributed by atoms with van der Waals surface area (Å²) in [6.07, 6.45) is 0.399. The molecular formula is C17H19BrOS. The molecule has 1 nitrogen and oxygen atoms in total. The maximum absolute atomic E-state index is 10.1. The molecule has 2 rings (SSSR count). The van der Waals surface area contributed by atoms with Crippen LogP contribution in [0.3, 0.4) is 0 Å². The third-order valence-corrected chi connectivity index (χ3v) is 4.98. The predicted molar refractivity (Wildman–Crippen MR) is 90.5 cm³/mol. The highest BCUT2D eigenvalue weighted by Gasteiger charge is 2.07. The van der Waals surface area contributed by atoms with E-state index in [0.717, 1.165) is 4.47 Å². The number of benzene rings is 2. The summed E-state index contributed by atoms with van der Waals surface area (Å²) in [5.41, 5.74) is 3.79. The molecule has 2 aromatic rings. The SMILES string of the molecule is Cc1ccc(CC(O)CSc2ccc(Br)cc2)cc1C. The molecule has 0 bridgehead atoms. The molecule has 0 spiro atoms. The molecule has 20 heavy (non-hydrogen) atoms. The van der Waals surface area contributed by atoms with E-state index in [2.05, 4.69) is 60.1 Å². The Morgan fingerprint density at radius 2 is 1.75 bits per heavy atom. The van der Waals surface area contributed by atoms with E-state index >= 15 is 0 Å². The quantitative estimate of drug-likeness (QED) is 0.784. The van der Waals surface area contributed by atoms with Crippen molar-refractivity contribution in [2.24, 2.45) is 0 Å². The van der Waals surface area contributed by atoms with Crippen molar-refractivity contribution >= 4 is 27.7 Å². The first kappa shape index (κ1) is 15.6. The molecule has 0 aliphatic rings. The smallest absolute Gasteiger partial charge is 0.0674 e. The van der Waals surface area contributed by atoms with Crippen LogP contribution in [0.5, 0.6) is 0 Å². The van der Waals surface area contributed by atoms with Gasteiger partial charge in [-0.05, 0) is 61.2 Å². The summed E-state index contributed by atoms with van der Waals surface area (Å²) in [7, 11) is 0. The summed E-state index contributed by atoms with van der Waals surface area (Å²) in [6, 6.07) is 14.6. The van der Waals surface area contributed by atoms with Gasteiger partial charge in [0.15, 0.2) is 0 Å². The van der Waals surface area contributed by atoms with Crippen molar-refractivity contribution < 1.29 is 5.11 Å². The van der Waals surface area contributed by atoms with Crippen LogP contribution in [-0.2, 0) is 6.42 Å². The van der Waals surface area contributed by atoms with Gasteiger partial charge in [0.2, 0.25) is 0 Å². The molecule has 0 saturated heterocycles. The number of halogens is 1. The lowest BCUT2D eigenvalue weighted by atomic mass is 10.0. The number of aryl methyl sites for hydroxylation is 2. The van der Waals surface area contributed by atoms with Gasteiger partial charge in [0, 0.05) is 15.1 Å². The second kappa shape index (κ2) is 7.30. The molecule has 0 amide bonds. The maximum atomic E-state index is 10.1. The van der Waals surface area contributed by atoms with E-state index in [1.165, 1.54) is 21.6 Å². The van der Waals surface area contributed by atoms with Crippen LogP contribution in [0.4, 0.5) is 0 Å². The summed E-state index contributed by atoms with van der Waals surface area (Å²) in [4.78, 5) is 1.19. The van der Waals surface area contributed by atoms with Crippen LogP contribution in [0.2, 0.25) is 0 Å². The van der Waals surface area contributed by atoms with E-state index in [1.54, 1.807) is 11.8 Å². The number of aliphatic hydroxyl groups excluding tert-OH is 1. The van der Waals surface area contributed by atoms with E-state index < -0.39 is 0 Å². The monoisotopic (exact) mass is 350 g/mol. The molecule has 3 heteroatoms. The van der Waals surface area contributed by atoms with Gasteiger partial charge in [0.05, 0.1) is 6.10 Å². The minimum atomic E-state index is -0.314. The largest absolute Gasteiger partial charge is 0.392 e. The van der Waals surface area contributed by atoms with E-state index in [9.17, 15) is 5.11 Å². The van der Waals surface area contributed by atoms with E-state index in [4.69, 9.17) is 0 Å². The normalized spacial score (nSPS) is 12.4. The van der Waals surface area contributed by atoms with Crippen molar-refractivity contribution in [2.75, 3.05) is 5.75 Å². The second-order valence-corrected chi connectivity index (χ2v) is 7.05. The third kappa shape index (κ3) is 4.65. The zero-order chi connectivity index (χ0) is 14.5. The highest BCUT2D eigenvalue weighted by Crippen LogP contribution is 2.22. The molecule has 0 aliphatic heterocycles. The lowest BCUT2D eigenvalue weighted by Gasteiger charge is -2.11. The Balaban J connectivity index is 1.87. The van der Waals surface area contributed by atoms with Crippen molar-refractivity contribution in [3.05, 3.63) is 63.6 Å². The van der Waals surface area contributed by atoms with Gasteiger partial charge in [-0.25, -0.2) is 0 Å². The Morgan fingerprint density at radius 1 is 1.05 bits per heavy atom. The lowest BCUT2D eigenvalue weighted by molar-refractivity contribution is 0.200. The number of hydrogen-bond acceptors (Lipinski definition) is 2. The standard InChI is InChI=1S/C17H19BrOS/c1-12-3-4-14(9-13(12)2)10-16(19)11-20-17-7-5-15(18)6-8-17/h3-9,16,19H,10-11H2,1-2H3. The zero-order valence-corrected chi connectivity index (χ0v) is 14.2. The van der Waals surface area contributed by atoms with Gasteiger partial charge in [-0.15, -0.1) is 11.8 Å². The number of aliphatic hydroxyl groups is 1. The number of thioether (sulfide) groups is 1. The Bertz CT molecular complexity index is 566.